The Morgan fingerprint density at radius 2 is 2.19 bits per heavy atom. The van der Waals surface area contributed by atoms with Gasteiger partial charge in [0.25, 0.3) is 0 Å². The predicted molar refractivity (Wildman–Crippen MR) is 65.6 cm³/mol. The van der Waals surface area contributed by atoms with Crippen molar-refractivity contribution in [2.24, 2.45) is 5.41 Å². The lowest BCUT2D eigenvalue weighted by atomic mass is 9.58. The molecule has 1 saturated carbocycles. The van der Waals surface area contributed by atoms with Gasteiger partial charge in [0.05, 0.1) is 11.5 Å². The van der Waals surface area contributed by atoms with E-state index in [9.17, 15) is 10.4 Å². The summed E-state index contributed by atoms with van der Waals surface area (Å²) in [5.41, 5.74) is -0.861. The Morgan fingerprint density at radius 3 is 2.62 bits per heavy atom. The molecule has 16 heavy (non-hydrogen) atoms. The largest absolute Gasteiger partial charge is 0.384 e. The summed E-state index contributed by atoms with van der Waals surface area (Å²) in [5.74, 6) is 0. The highest BCUT2D eigenvalue weighted by molar-refractivity contribution is 9.10. The van der Waals surface area contributed by atoms with Crippen LogP contribution in [0.3, 0.4) is 0 Å². The average Bonchev–Trinajstić information content (AvgIpc) is 2.16. The number of rotatable bonds is 2. The van der Waals surface area contributed by atoms with Crippen molar-refractivity contribution in [3.63, 3.8) is 0 Å². The molecule has 1 aliphatic rings. The summed E-state index contributed by atoms with van der Waals surface area (Å²) in [6.45, 7) is 1.75. The first kappa shape index (κ1) is 11.6. The van der Waals surface area contributed by atoms with Crippen molar-refractivity contribution in [1.29, 1.82) is 5.26 Å². The molecule has 0 spiro atoms. The third-order valence-electron chi connectivity index (χ3n) is 3.74. The fourth-order valence-electron chi connectivity index (χ4n) is 2.31. The molecular weight excluding hydrogens is 266 g/mol. The van der Waals surface area contributed by atoms with E-state index in [1.54, 1.807) is 6.92 Å². The molecule has 1 fully saturated rings. The normalized spacial score (nSPS) is 21.6. The molecule has 1 atom stereocenters. The van der Waals surface area contributed by atoms with Crippen LogP contribution in [0, 0.1) is 16.7 Å². The molecule has 2 rings (SSSR count). The highest BCUT2D eigenvalue weighted by Gasteiger charge is 2.52. The molecule has 0 bridgehead atoms. The van der Waals surface area contributed by atoms with E-state index in [0.717, 1.165) is 29.3 Å². The Balaban J connectivity index is 2.42. The van der Waals surface area contributed by atoms with Gasteiger partial charge in [-0.3, -0.25) is 0 Å². The topological polar surface area (TPSA) is 44.0 Å². The van der Waals surface area contributed by atoms with E-state index in [2.05, 4.69) is 22.0 Å². The zero-order chi connectivity index (χ0) is 11.8. The molecule has 1 unspecified atom stereocenters. The van der Waals surface area contributed by atoms with Crippen molar-refractivity contribution >= 4 is 15.9 Å². The van der Waals surface area contributed by atoms with E-state index in [4.69, 9.17) is 0 Å². The minimum absolute atomic E-state index is 0.603. The van der Waals surface area contributed by atoms with Crippen molar-refractivity contribution in [1.82, 2.24) is 0 Å². The second-order valence-corrected chi connectivity index (χ2v) is 5.55. The van der Waals surface area contributed by atoms with Gasteiger partial charge in [-0.1, -0.05) is 34.5 Å². The molecule has 84 valence electrons. The van der Waals surface area contributed by atoms with Crippen LogP contribution in [0.15, 0.2) is 28.7 Å². The molecule has 1 aliphatic carbocycles. The van der Waals surface area contributed by atoms with Crippen molar-refractivity contribution in [3.8, 4) is 6.07 Å². The van der Waals surface area contributed by atoms with Crippen LogP contribution in [0.4, 0.5) is 0 Å². The molecular formula is C13H14BrNO. The van der Waals surface area contributed by atoms with Gasteiger partial charge in [-0.15, -0.1) is 0 Å². The fourth-order valence-corrected chi connectivity index (χ4v) is 2.70. The number of aliphatic hydroxyl groups is 1. The Bertz CT molecular complexity index is 443. The van der Waals surface area contributed by atoms with Gasteiger partial charge in [-0.05, 0) is 37.5 Å². The lowest BCUT2D eigenvalue weighted by Gasteiger charge is -2.46. The Labute approximate surface area is 104 Å². The number of nitriles is 1. The molecule has 1 aromatic carbocycles. The average molecular weight is 280 g/mol. The van der Waals surface area contributed by atoms with Gasteiger partial charge in [0, 0.05) is 4.47 Å². The standard InChI is InChI=1S/C13H14BrNO/c1-12(16,13(9-15)6-3-7-13)10-4-2-5-11(14)8-10/h2,4-5,8,16H,3,6-7H2,1H3. The van der Waals surface area contributed by atoms with Crippen LogP contribution < -0.4 is 0 Å². The zero-order valence-electron chi connectivity index (χ0n) is 9.20. The fraction of sp³-hybridized carbons (Fsp3) is 0.462. The lowest BCUT2D eigenvalue weighted by Crippen LogP contribution is -2.47. The van der Waals surface area contributed by atoms with E-state index < -0.39 is 11.0 Å². The summed E-state index contributed by atoms with van der Waals surface area (Å²) in [4.78, 5) is 0. The van der Waals surface area contributed by atoms with Crippen LogP contribution in [-0.4, -0.2) is 5.11 Å². The molecule has 0 heterocycles. The van der Waals surface area contributed by atoms with E-state index in [1.807, 2.05) is 24.3 Å². The third-order valence-corrected chi connectivity index (χ3v) is 4.23. The summed E-state index contributed by atoms with van der Waals surface area (Å²) in [7, 11) is 0. The predicted octanol–water partition coefficient (Wildman–Crippen LogP) is 3.35. The highest BCUT2D eigenvalue weighted by Crippen LogP contribution is 2.53. The van der Waals surface area contributed by atoms with E-state index in [-0.39, 0.29) is 0 Å². The number of halogens is 1. The molecule has 0 amide bonds. The van der Waals surface area contributed by atoms with Crippen LogP contribution >= 0.6 is 15.9 Å². The van der Waals surface area contributed by atoms with Crippen molar-refractivity contribution in [3.05, 3.63) is 34.3 Å². The summed E-state index contributed by atoms with van der Waals surface area (Å²) in [6.07, 6.45) is 2.59. The first-order chi connectivity index (χ1) is 7.52. The quantitative estimate of drug-likeness (QED) is 0.902. The minimum Gasteiger partial charge on any atom is -0.384 e. The highest BCUT2D eigenvalue weighted by atomic mass is 79.9. The molecule has 3 heteroatoms. The first-order valence-electron chi connectivity index (χ1n) is 5.41. The van der Waals surface area contributed by atoms with Crippen molar-refractivity contribution < 1.29 is 5.11 Å². The number of hydrogen-bond acceptors (Lipinski definition) is 2. The monoisotopic (exact) mass is 279 g/mol. The van der Waals surface area contributed by atoms with Gasteiger partial charge in [0.1, 0.15) is 5.60 Å². The second-order valence-electron chi connectivity index (χ2n) is 4.63. The van der Waals surface area contributed by atoms with Crippen LogP contribution in [0.2, 0.25) is 0 Å². The summed E-state index contributed by atoms with van der Waals surface area (Å²) in [5, 5.41) is 19.9. The maximum Gasteiger partial charge on any atom is 0.105 e. The van der Waals surface area contributed by atoms with Crippen LogP contribution in [-0.2, 0) is 5.60 Å². The summed E-state index contributed by atoms with van der Waals surface area (Å²) < 4.78 is 0.928. The minimum atomic E-state index is -1.07. The Hall–Kier alpha value is -0.850. The summed E-state index contributed by atoms with van der Waals surface area (Å²) >= 11 is 3.39. The second kappa shape index (κ2) is 3.87. The van der Waals surface area contributed by atoms with Crippen molar-refractivity contribution in [2.45, 2.75) is 31.8 Å². The van der Waals surface area contributed by atoms with Gasteiger partial charge in [-0.25, -0.2) is 0 Å². The molecule has 0 saturated heterocycles. The smallest absolute Gasteiger partial charge is 0.105 e. The molecule has 2 nitrogen and oxygen atoms in total. The number of nitrogens with zero attached hydrogens (tertiary/aromatic N) is 1. The molecule has 0 radical (unpaired) electrons. The van der Waals surface area contributed by atoms with Crippen LogP contribution in [0.5, 0.6) is 0 Å². The van der Waals surface area contributed by atoms with Crippen molar-refractivity contribution in [2.75, 3.05) is 0 Å². The van der Waals surface area contributed by atoms with E-state index in [1.165, 1.54) is 0 Å². The van der Waals surface area contributed by atoms with Gasteiger partial charge < -0.3 is 5.11 Å². The Morgan fingerprint density at radius 1 is 1.50 bits per heavy atom. The summed E-state index contributed by atoms with van der Waals surface area (Å²) in [6, 6.07) is 9.87. The SMILES string of the molecule is CC(O)(c1cccc(Br)c1)C1(C#N)CCC1. The molecule has 0 aromatic heterocycles. The maximum atomic E-state index is 10.6. The zero-order valence-corrected chi connectivity index (χ0v) is 10.8. The third kappa shape index (κ3) is 1.57. The van der Waals surface area contributed by atoms with Crippen LogP contribution in [0.25, 0.3) is 0 Å². The van der Waals surface area contributed by atoms with E-state index in [0.29, 0.717) is 0 Å². The van der Waals surface area contributed by atoms with Gasteiger partial charge in [0.2, 0.25) is 0 Å². The maximum absolute atomic E-state index is 10.6. The molecule has 1 aromatic rings. The van der Waals surface area contributed by atoms with Crippen LogP contribution in [0.1, 0.15) is 31.7 Å². The van der Waals surface area contributed by atoms with Gasteiger partial charge in [-0.2, -0.15) is 5.26 Å². The number of benzene rings is 1. The molecule has 0 aliphatic heterocycles. The number of hydrogen-bond donors (Lipinski definition) is 1. The van der Waals surface area contributed by atoms with E-state index >= 15 is 0 Å². The van der Waals surface area contributed by atoms with Gasteiger partial charge in [0.15, 0.2) is 0 Å². The molecule has 1 N–H and O–H groups in total. The van der Waals surface area contributed by atoms with Gasteiger partial charge >= 0.3 is 0 Å². The Kier molecular flexibility index (Phi) is 2.81. The lowest BCUT2D eigenvalue weighted by molar-refractivity contribution is -0.0858. The first-order valence-corrected chi connectivity index (χ1v) is 6.21.